The zero-order valence-corrected chi connectivity index (χ0v) is 13.9. The molecule has 0 bridgehead atoms. The van der Waals surface area contributed by atoms with Gasteiger partial charge in [0, 0.05) is 5.56 Å². The van der Waals surface area contributed by atoms with Crippen LogP contribution in [0.25, 0.3) is 33.7 Å². The highest BCUT2D eigenvalue weighted by Gasteiger charge is 2.10. The number of hydrogen-bond acceptors (Lipinski definition) is 2. The largest absolute Gasteiger partial charge is 0.436 e. The molecule has 1 aromatic heterocycles. The Morgan fingerprint density at radius 1 is 0.750 bits per heavy atom. The topological polar surface area (TPSA) is 26.0 Å². The molecule has 0 radical (unpaired) electrons. The van der Waals surface area contributed by atoms with Crippen LogP contribution in [0.1, 0.15) is 25.3 Å². The van der Waals surface area contributed by atoms with Crippen LogP contribution in [-0.2, 0) is 0 Å². The molecule has 1 heterocycles. The van der Waals surface area contributed by atoms with E-state index in [2.05, 4.69) is 67.4 Å². The van der Waals surface area contributed by atoms with Gasteiger partial charge >= 0.3 is 0 Å². The minimum absolute atomic E-state index is 0.524. The van der Waals surface area contributed by atoms with Crippen LogP contribution in [0.5, 0.6) is 0 Å². The van der Waals surface area contributed by atoms with Gasteiger partial charge in [-0.15, -0.1) is 0 Å². The van der Waals surface area contributed by atoms with E-state index in [-0.39, 0.29) is 0 Å². The SMILES string of the molecule is CC(C)c1ccc(-c2nc3cc(-c4ccccc4)ccc3o2)cc1. The molecule has 0 unspecified atom stereocenters. The highest BCUT2D eigenvalue weighted by atomic mass is 16.3. The molecule has 0 aliphatic rings. The Morgan fingerprint density at radius 3 is 2.17 bits per heavy atom. The predicted octanol–water partition coefficient (Wildman–Crippen LogP) is 6.29. The van der Waals surface area contributed by atoms with Gasteiger partial charge in [-0.05, 0) is 46.9 Å². The summed E-state index contributed by atoms with van der Waals surface area (Å²) in [6.45, 7) is 4.39. The first-order valence-electron chi connectivity index (χ1n) is 8.27. The van der Waals surface area contributed by atoms with Crippen LogP contribution in [0.2, 0.25) is 0 Å². The van der Waals surface area contributed by atoms with E-state index in [0.717, 1.165) is 22.2 Å². The summed E-state index contributed by atoms with van der Waals surface area (Å²) in [6.07, 6.45) is 0. The lowest BCUT2D eigenvalue weighted by Gasteiger charge is -2.04. The third-order valence-electron chi connectivity index (χ3n) is 4.32. The van der Waals surface area contributed by atoms with Crippen LogP contribution < -0.4 is 0 Å². The standard InChI is InChI=1S/C22H19NO/c1-15(2)16-8-10-18(11-9-16)22-23-20-14-19(12-13-21(20)24-22)17-6-4-3-5-7-17/h3-15H,1-2H3. The fraction of sp³-hybridized carbons (Fsp3) is 0.136. The lowest BCUT2D eigenvalue weighted by Crippen LogP contribution is -1.86. The number of fused-ring (bicyclic) bond motifs is 1. The first-order chi connectivity index (χ1) is 11.7. The summed E-state index contributed by atoms with van der Waals surface area (Å²) in [5.41, 5.74) is 6.37. The third-order valence-corrected chi connectivity index (χ3v) is 4.32. The van der Waals surface area contributed by atoms with E-state index in [9.17, 15) is 0 Å². The number of hydrogen-bond donors (Lipinski definition) is 0. The van der Waals surface area contributed by atoms with E-state index in [1.807, 2.05) is 24.3 Å². The Hall–Kier alpha value is -2.87. The van der Waals surface area contributed by atoms with Crippen molar-refractivity contribution in [2.75, 3.05) is 0 Å². The Labute approximate surface area is 141 Å². The van der Waals surface area contributed by atoms with Crippen LogP contribution in [0.4, 0.5) is 0 Å². The summed E-state index contributed by atoms with van der Waals surface area (Å²) in [5, 5.41) is 0. The molecule has 2 nitrogen and oxygen atoms in total. The second-order valence-electron chi connectivity index (χ2n) is 6.34. The fourth-order valence-corrected chi connectivity index (χ4v) is 2.87. The van der Waals surface area contributed by atoms with Crippen molar-refractivity contribution in [1.82, 2.24) is 4.98 Å². The Morgan fingerprint density at radius 2 is 1.46 bits per heavy atom. The van der Waals surface area contributed by atoms with E-state index in [1.165, 1.54) is 11.1 Å². The van der Waals surface area contributed by atoms with Gasteiger partial charge < -0.3 is 4.42 Å². The molecule has 0 saturated carbocycles. The van der Waals surface area contributed by atoms with E-state index in [1.54, 1.807) is 0 Å². The summed E-state index contributed by atoms with van der Waals surface area (Å²) < 4.78 is 5.93. The van der Waals surface area contributed by atoms with Crippen molar-refractivity contribution in [2.24, 2.45) is 0 Å². The first-order valence-corrected chi connectivity index (χ1v) is 8.27. The second kappa shape index (κ2) is 5.97. The monoisotopic (exact) mass is 313 g/mol. The maximum atomic E-state index is 5.93. The van der Waals surface area contributed by atoms with Crippen molar-refractivity contribution in [2.45, 2.75) is 19.8 Å². The summed E-state index contributed by atoms with van der Waals surface area (Å²) in [5.74, 6) is 1.20. The maximum absolute atomic E-state index is 5.93. The summed E-state index contributed by atoms with van der Waals surface area (Å²) in [7, 11) is 0. The molecule has 0 fully saturated rings. The minimum atomic E-state index is 0.524. The van der Waals surface area contributed by atoms with E-state index >= 15 is 0 Å². The van der Waals surface area contributed by atoms with Gasteiger partial charge in [0.1, 0.15) is 5.52 Å². The van der Waals surface area contributed by atoms with Crippen molar-refractivity contribution in [1.29, 1.82) is 0 Å². The summed E-state index contributed by atoms with van der Waals surface area (Å²) in [6, 6.07) is 24.9. The maximum Gasteiger partial charge on any atom is 0.227 e. The van der Waals surface area contributed by atoms with Crippen molar-refractivity contribution in [3.8, 4) is 22.6 Å². The molecule has 0 atom stereocenters. The molecule has 0 aliphatic heterocycles. The molecule has 4 aromatic rings. The average molecular weight is 313 g/mol. The zero-order chi connectivity index (χ0) is 16.5. The molecule has 0 saturated heterocycles. The van der Waals surface area contributed by atoms with Crippen LogP contribution in [0.15, 0.2) is 77.2 Å². The Kier molecular flexibility index (Phi) is 3.66. The smallest absolute Gasteiger partial charge is 0.227 e. The van der Waals surface area contributed by atoms with E-state index in [0.29, 0.717) is 11.8 Å². The lowest BCUT2D eigenvalue weighted by molar-refractivity contribution is 0.620. The highest BCUT2D eigenvalue weighted by Crippen LogP contribution is 2.29. The Bertz CT molecular complexity index is 966. The predicted molar refractivity (Wildman–Crippen MR) is 99.0 cm³/mol. The van der Waals surface area contributed by atoms with E-state index in [4.69, 9.17) is 4.42 Å². The highest BCUT2D eigenvalue weighted by molar-refractivity contribution is 5.82. The van der Waals surface area contributed by atoms with Crippen LogP contribution in [0, 0.1) is 0 Å². The number of nitrogens with zero attached hydrogens (tertiary/aromatic N) is 1. The Balaban J connectivity index is 1.73. The van der Waals surface area contributed by atoms with Gasteiger partial charge in [-0.2, -0.15) is 0 Å². The van der Waals surface area contributed by atoms with Gasteiger partial charge in [-0.1, -0.05) is 62.4 Å². The zero-order valence-electron chi connectivity index (χ0n) is 13.9. The van der Waals surface area contributed by atoms with Crippen molar-refractivity contribution in [3.05, 3.63) is 78.4 Å². The normalized spacial score (nSPS) is 11.3. The van der Waals surface area contributed by atoms with Crippen LogP contribution in [0.3, 0.4) is 0 Å². The van der Waals surface area contributed by atoms with Gasteiger partial charge in [0.25, 0.3) is 0 Å². The second-order valence-corrected chi connectivity index (χ2v) is 6.34. The molecule has 4 rings (SSSR count). The molecule has 0 N–H and O–H groups in total. The molecule has 2 heteroatoms. The van der Waals surface area contributed by atoms with Gasteiger partial charge in [0.15, 0.2) is 5.58 Å². The van der Waals surface area contributed by atoms with Gasteiger partial charge in [-0.25, -0.2) is 4.98 Å². The van der Waals surface area contributed by atoms with Crippen molar-refractivity contribution >= 4 is 11.1 Å². The van der Waals surface area contributed by atoms with Crippen molar-refractivity contribution < 1.29 is 4.42 Å². The summed E-state index contributed by atoms with van der Waals surface area (Å²) >= 11 is 0. The number of benzene rings is 3. The molecule has 3 aromatic carbocycles. The molecule has 24 heavy (non-hydrogen) atoms. The molecule has 118 valence electrons. The van der Waals surface area contributed by atoms with Gasteiger partial charge in [0.2, 0.25) is 5.89 Å². The lowest BCUT2D eigenvalue weighted by atomic mass is 10.0. The molecular weight excluding hydrogens is 294 g/mol. The molecular formula is C22H19NO. The van der Waals surface area contributed by atoms with Crippen molar-refractivity contribution in [3.63, 3.8) is 0 Å². The number of oxazole rings is 1. The number of aromatic nitrogens is 1. The third kappa shape index (κ3) is 2.71. The van der Waals surface area contributed by atoms with Gasteiger partial charge in [0.05, 0.1) is 0 Å². The molecule has 0 aliphatic carbocycles. The van der Waals surface area contributed by atoms with Crippen LogP contribution in [-0.4, -0.2) is 4.98 Å². The minimum Gasteiger partial charge on any atom is -0.436 e. The average Bonchev–Trinajstić information content (AvgIpc) is 3.06. The van der Waals surface area contributed by atoms with Crippen LogP contribution >= 0.6 is 0 Å². The molecule has 0 spiro atoms. The van der Waals surface area contributed by atoms with Gasteiger partial charge in [-0.3, -0.25) is 0 Å². The first kappa shape index (κ1) is 14.7. The van der Waals surface area contributed by atoms with E-state index < -0.39 is 0 Å². The number of rotatable bonds is 3. The molecule has 0 amide bonds. The quantitative estimate of drug-likeness (QED) is 0.444. The summed E-state index contributed by atoms with van der Waals surface area (Å²) in [4.78, 5) is 4.68. The fourth-order valence-electron chi connectivity index (χ4n) is 2.87.